The van der Waals surface area contributed by atoms with E-state index in [9.17, 15) is 18.0 Å². The molecule has 0 radical (unpaired) electrons. The van der Waals surface area contributed by atoms with Crippen LogP contribution in [0.1, 0.15) is 31.2 Å². The number of nitrogens with one attached hydrogen (secondary N) is 2. The van der Waals surface area contributed by atoms with E-state index < -0.39 is 11.9 Å². The summed E-state index contributed by atoms with van der Waals surface area (Å²) in [7, 11) is 1.82. The van der Waals surface area contributed by atoms with Gasteiger partial charge in [0, 0.05) is 25.8 Å². The number of aryl methyl sites for hydroxylation is 1. The molecule has 0 bridgehead atoms. The second-order valence-electron chi connectivity index (χ2n) is 7.71. The highest BCUT2D eigenvalue weighted by molar-refractivity contribution is 6.03. The maximum Gasteiger partial charge on any atom is 0.435 e. The average Bonchev–Trinajstić information content (AvgIpc) is 3.08. The van der Waals surface area contributed by atoms with Gasteiger partial charge in [0.25, 0.3) is 0 Å². The van der Waals surface area contributed by atoms with Crippen LogP contribution in [0.4, 0.5) is 30.6 Å². The number of alkyl halides is 3. The maximum atomic E-state index is 12.6. The van der Waals surface area contributed by atoms with Gasteiger partial charge in [0.2, 0.25) is 11.9 Å². The molecular weight excluding hydrogens is 387 g/mol. The lowest BCUT2D eigenvalue weighted by molar-refractivity contribution is -0.141. The van der Waals surface area contributed by atoms with E-state index in [1.807, 2.05) is 18.9 Å². The van der Waals surface area contributed by atoms with E-state index in [1.165, 1.54) is 10.9 Å². The smallest absolute Gasteiger partial charge is 0.351 e. The number of amides is 1. The van der Waals surface area contributed by atoms with Crippen molar-refractivity contribution in [2.75, 3.05) is 22.6 Å². The number of nitrogens with zero attached hydrogens (tertiary/aromatic N) is 5. The SMILES string of the molecule is Cc1nc(NC2CC(Cn3ccc(C(F)(F)F)n3)C2)nc2c1NC(=O)[C@H](C)N2C. The van der Waals surface area contributed by atoms with E-state index in [1.54, 1.807) is 6.92 Å². The topological polar surface area (TPSA) is 88.0 Å². The molecule has 1 aliphatic carbocycles. The third kappa shape index (κ3) is 3.73. The molecule has 1 amide bonds. The Hall–Kier alpha value is -2.85. The molecule has 3 heterocycles. The van der Waals surface area contributed by atoms with Crippen LogP contribution in [0.15, 0.2) is 12.3 Å². The van der Waals surface area contributed by atoms with Gasteiger partial charge in [-0.25, -0.2) is 4.98 Å². The predicted octanol–water partition coefficient (Wildman–Crippen LogP) is 2.67. The van der Waals surface area contributed by atoms with Gasteiger partial charge in [-0.2, -0.15) is 23.3 Å². The average molecular weight is 409 g/mol. The van der Waals surface area contributed by atoms with Crippen LogP contribution in [-0.2, 0) is 17.5 Å². The fourth-order valence-electron chi connectivity index (χ4n) is 3.68. The molecule has 4 rings (SSSR count). The normalized spacial score (nSPS) is 24.0. The number of hydrogen-bond donors (Lipinski definition) is 2. The zero-order valence-corrected chi connectivity index (χ0v) is 16.3. The number of fused-ring (bicyclic) bond motifs is 1. The molecule has 1 fully saturated rings. The van der Waals surface area contributed by atoms with Crippen LogP contribution >= 0.6 is 0 Å². The van der Waals surface area contributed by atoms with Crippen molar-refractivity contribution < 1.29 is 18.0 Å². The first-order valence-electron chi connectivity index (χ1n) is 9.41. The van der Waals surface area contributed by atoms with Gasteiger partial charge in [0.05, 0.1) is 5.69 Å². The molecule has 11 heteroatoms. The predicted molar refractivity (Wildman–Crippen MR) is 101 cm³/mol. The molecule has 8 nitrogen and oxygen atoms in total. The summed E-state index contributed by atoms with van der Waals surface area (Å²) in [4.78, 5) is 22.8. The largest absolute Gasteiger partial charge is 0.435 e. The Labute approximate surface area is 165 Å². The maximum absolute atomic E-state index is 12.6. The summed E-state index contributed by atoms with van der Waals surface area (Å²) >= 11 is 0. The molecule has 0 saturated heterocycles. The van der Waals surface area contributed by atoms with E-state index in [4.69, 9.17) is 0 Å². The van der Waals surface area contributed by atoms with Crippen molar-refractivity contribution in [2.24, 2.45) is 5.92 Å². The van der Waals surface area contributed by atoms with Gasteiger partial charge in [-0.1, -0.05) is 0 Å². The van der Waals surface area contributed by atoms with Gasteiger partial charge >= 0.3 is 6.18 Å². The molecule has 29 heavy (non-hydrogen) atoms. The zero-order chi connectivity index (χ0) is 20.9. The molecule has 0 unspecified atom stereocenters. The molecule has 2 aromatic heterocycles. The number of aromatic nitrogens is 4. The summed E-state index contributed by atoms with van der Waals surface area (Å²) < 4.78 is 39.3. The van der Waals surface area contributed by atoms with E-state index in [0.29, 0.717) is 29.7 Å². The highest BCUT2D eigenvalue weighted by atomic mass is 19.4. The van der Waals surface area contributed by atoms with Crippen molar-refractivity contribution in [1.82, 2.24) is 19.7 Å². The molecule has 0 spiro atoms. The van der Waals surface area contributed by atoms with Gasteiger partial charge < -0.3 is 15.5 Å². The van der Waals surface area contributed by atoms with Gasteiger partial charge in [-0.05, 0) is 38.7 Å². The molecule has 2 N–H and O–H groups in total. The quantitative estimate of drug-likeness (QED) is 0.807. The van der Waals surface area contributed by atoms with E-state index in [0.717, 1.165) is 18.9 Å². The number of rotatable bonds is 4. The van der Waals surface area contributed by atoms with Gasteiger partial charge in [0.1, 0.15) is 11.7 Å². The minimum Gasteiger partial charge on any atom is -0.351 e. The van der Waals surface area contributed by atoms with Crippen molar-refractivity contribution in [3.8, 4) is 0 Å². The number of carbonyl (C=O) groups excluding carboxylic acids is 1. The van der Waals surface area contributed by atoms with Crippen LogP contribution in [-0.4, -0.2) is 44.8 Å². The first-order valence-corrected chi connectivity index (χ1v) is 9.41. The Morgan fingerprint density at radius 1 is 1.31 bits per heavy atom. The van der Waals surface area contributed by atoms with Crippen molar-refractivity contribution in [3.63, 3.8) is 0 Å². The van der Waals surface area contributed by atoms with Crippen molar-refractivity contribution in [3.05, 3.63) is 23.7 Å². The number of carbonyl (C=O) groups is 1. The van der Waals surface area contributed by atoms with Gasteiger partial charge in [-0.15, -0.1) is 0 Å². The highest BCUT2D eigenvalue weighted by Crippen LogP contribution is 2.35. The minimum absolute atomic E-state index is 0.0958. The lowest BCUT2D eigenvalue weighted by Crippen LogP contribution is -2.45. The summed E-state index contributed by atoms with van der Waals surface area (Å²) in [6, 6.07) is 0.818. The lowest BCUT2D eigenvalue weighted by Gasteiger charge is -2.37. The Kier molecular flexibility index (Phi) is 4.62. The van der Waals surface area contributed by atoms with Crippen molar-refractivity contribution in [1.29, 1.82) is 0 Å². The van der Waals surface area contributed by atoms with Gasteiger partial charge in [0.15, 0.2) is 11.5 Å². The Morgan fingerprint density at radius 3 is 2.69 bits per heavy atom. The van der Waals surface area contributed by atoms with Crippen LogP contribution in [0.3, 0.4) is 0 Å². The summed E-state index contributed by atoms with van der Waals surface area (Å²) in [6.07, 6.45) is -1.46. The number of hydrogen-bond acceptors (Lipinski definition) is 6. The fraction of sp³-hybridized carbons (Fsp3) is 0.556. The van der Waals surface area contributed by atoms with Gasteiger partial charge in [-0.3, -0.25) is 9.48 Å². The first-order chi connectivity index (χ1) is 13.6. The summed E-state index contributed by atoms with van der Waals surface area (Å²) in [5.74, 6) is 1.30. The number of anilines is 3. The van der Waals surface area contributed by atoms with Crippen LogP contribution in [0.5, 0.6) is 0 Å². The van der Waals surface area contributed by atoms with Crippen LogP contribution in [0, 0.1) is 12.8 Å². The number of likely N-dealkylation sites (N-methyl/N-ethyl adjacent to an activating group) is 1. The third-order valence-electron chi connectivity index (χ3n) is 5.56. The zero-order valence-electron chi connectivity index (χ0n) is 16.3. The lowest BCUT2D eigenvalue weighted by atomic mass is 9.80. The third-order valence-corrected chi connectivity index (χ3v) is 5.56. The molecule has 2 aliphatic rings. The van der Waals surface area contributed by atoms with Crippen LogP contribution in [0.2, 0.25) is 0 Å². The molecule has 156 valence electrons. The molecular formula is C18H22F3N7O. The summed E-state index contributed by atoms with van der Waals surface area (Å²) in [6.45, 7) is 4.07. The molecule has 1 aliphatic heterocycles. The van der Waals surface area contributed by atoms with E-state index in [2.05, 4.69) is 25.7 Å². The molecule has 1 saturated carbocycles. The molecule has 1 atom stereocenters. The van der Waals surface area contributed by atoms with Crippen molar-refractivity contribution >= 4 is 23.4 Å². The van der Waals surface area contributed by atoms with E-state index in [-0.39, 0.29) is 23.9 Å². The fourth-order valence-corrected chi connectivity index (χ4v) is 3.68. The molecule has 2 aromatic rings. The summed E-state index contributed by atoms with van der Waals surface area (Å²) in [5, 5.41) is 9.73. The second-order valence-corrected chi connectivity index (χ2v) is 7.71. The Morgan fingerprint density at radius 2 is 2.03 bits per heavy atom. The van der Waals surface area contributed by atoms with Crippen LogP contribution < -0.4 is 15.5 Å². The Balaban J connectivity index is 1.37. The standard InChI is InChI=1S/C18H22F3N7O/c1-9-14-15(27(3)10(2)16(29)24-14)25-17(22-9)23-12-6-11(7-12)8-28-5-4-13(26-28)18(19,20)21/h4-5,10-12H,6-8H2,1-3H3,(H,24,29)(H,22,23,25)/t10-,11?,12?/m0/s1. The molecule has 0 aromatic carbocycles. The number of halogens is 3. The first kappa shape index (κ1) is 19.5. The summed E-state index contributed by atoms with van der Waals surface area (Å²) in [5.41, 5.74) is 0.429. The van der Waals surface area contributed by atoms with E-state index >= 15 is 0 Å². The minimum atomic E-state index is -4.42. The Bertz CT molecular complexity index is 936. The second kappa shape index (κ2) is 6.89. The monoisotopic (exact) mass is 409 g/mol. The van der Waals surface area contributed by atoms with Crippen molar-refractivity contribution in [2.45, 2.75) is 51.5 Å². The highest BCUT2D eigenvalue weighted by Gasteiger charge is 2.35. The van der Waals surface area contributed by atoms with Crippen LogP contribution in [0.25, 0.3) is 0 Å².